The lowest BCUT2D eigenvalue weighted by molar-refractivity contribution is -0.119. The van der Waals surface area contributed by atoms with Gasteiger partial charge in [0.15, 0.2) is 0 Å². The maximum Gasteiger partial charge on any atom is 0.241 e. The molecule has 1 aliphatic heterocycles. The van der Waals surface area contributed by atoms with E-state index in [0.717, 1.165) is 36.2 Å². The zero-order chi connectivity index (χ0) is 19.3. The van der Waals surface area contributed by atoms with Crippen LogP contribution in [0.2, 0.25) is 0 Å². The first-order valence-corrected chi connectivity index (χ1v) is 10.4. The van der Waals surface area contributed by atoms with E-state index in [1.807, 2.05) is 31.2 Å². The summed E-state index contributed by atoms with van der Waals surface area (Å²) in [5.41, 5.74) is 2.66. The van der Waals surface area contributed by atoms with E-state index in [2.05, 4.69) is 16.6 Å². The van der Waals surface area contributed by atoms with Gasteiger partial charge in [0.25, 0.3) is 0 Å². The van der Waals surface area contributed by atoms with E-state index in [1.165, 1.54) is 0 Å². The fourth-order valence-corrected chi connectivity index (χ4v) is 3.80. The number of piperidine rings is 1. The van der Waals surface area contributed by atoms with Crippen LogP contribution in [0.5, 0.6) is 0 Å². The summed E-state index contributed by atoms with van der Waals surface area (Å²) < 4.78 is 26.9. The number of hydrogen-bond donors (Lipinski definition) is 1. The Morgan fingerprint density at radius 3 is 2.41 bits per heavy atom. The van der Waals surface area contributed by atoms with Gasteiger partial charge in [-0.3, -0.25) is 4.79 Å². The molecule has 6 heteroatoms. The molecule has 1 saturated heterocycles. The second kappa shape index (κ2) is 8.38. The third-order valence-corrected chi connectivity index (χ3v) is 5.83. The van der Waals surface area contributed by atoms with Crippen LogP contribution in [0.3, 0.4) is 0 Å². The van der Waals surface area contributed by atoms with Gasteiger partial charge in [-0.15, -0.1) is 0 Å². The van der Waals surface area contributed by atoms with Crippen LogP contribution in [0.1, 0.15) is 30.4 Å². The standard InChI is InChI=1S/C21H22N2O3S/c1-17-7-13-20(14-8-17)27(25,26)22-15-4-5-18-9-11-19(12-10-18)23-16-3-2-6-21(23)24/h7-14,22H,2-3,6,15-16H2,1H3. The first-order valence-electron chi connectivity index (χ1n) is 8.91. The molecule has 0 saturated carbocycles. The summed E-state index contributed by atoms with van der Waals surface area (Å²) in [6.45, 7) is 2.69. The van der Waals surface area contributed by atoms with E-state index in [4.69, 9.17) is 0 Å². The highest BCUT2D eigenvalue weighted by Crippen LogP contribution is 2.21. The van der Waals surface area contributed by atoms with Crippen LogP contribution in [-0.2, 0) is 14.8 Å². The second-order valence-electron chi connectivity index (χ2n) is 6.49. The van der Waals surface area contributed by atoms with E-state index in [9.17, 15) is 13.2 Å². The van der Waals surface area contributed by atoms with Crippen molar-refractivity contribution in [1.82, 2.24) is 4.72 Å². The summed E-state index contributed by atoms with van der Waals surface area (Å²) >= 11 is 0. The Hall–Kier alpha value is -2.62. The average Bonchev–Trinajstić information content (AvgIpc) is 2.67. The first-order chi connectivity index (χ1) is 13.0. The number of benzene rings is 2. The molecule has 27 heavy (non-hydrogen) atoms. The van der Waals surface area contributed by atoms with Gasteiger partial charge in [0.1, 0.15) is 0 Å². The van der Waals surface area contributed by atoms with Crippen molar-refractivity contribution in [2.75, 3.05) is 18.0 Å². The summed E-state index contributed by atoms with van der Waals surface area (Å²) in [4.78, 5) is 14.0. The molecule has 0 atom stereocenters. The maximum absolute atomic E-state index is 12.2. The highest BCUT2D eigenvalue weighted by atomic mass is 32.2. The van der Waals surface area contributed by atoms with Gasteiger partial charge in [0.05, 0.1) is 11.4 Å². The number of hydrogen-bond acceptors (Lipinski definition) is 3. The zero-order valence-corrected chi connectivity index (χ0v) is 16.1. The van der Waals surface area contributed by atoms with Crippen LogP contribution in [0.15, 0.2) is 53.4 Å². The molecule has 0 unspecified atom stereocenters. The minimum atomic E-state index is -3.56. The number of carbonyl (C=O) groups excluding carboxylic acids is 1. The van der Waals surface area contributed by atoms with E-state index in [-0.39, 0.29) is 17.3 Å². The van der Waals surface area contributed by atoms with Gasteiger partial charge in [-0.2, -0.15) is 4.72 Å². The van der Waals surface area contributed by atoms with Gasteiger partial charge in [-0.1, -0.05) is 29.5 Å². The number of aryl methyl sites for hydroxylation is 1. The van der Waals surface area contributed by atoms with E-state index in [1.54, 1.807) is 29.2 Å². The molecule has 0 aliphatic carbocycles. The van der Waals surface area contributed by atoms with Crippen molar-refractivity contribution in [1.29, 1.82) is 0 Å². The Balaban J connectivity index is 1.59. The lowest BCUT2D eigenvalue weighted by Gasteiger charge is -2.26. The third-order valence-electron chi connectivity index (χ3n) is 4.42. The number of nitrogens with zero attached hydrogens (tertiary/aromatic N) is 1. The van der Waals surface area contributed by atoms with E-state index in [0.29, 0.717) is 6.42 Å². The van der Waals surface area contributed by atoms with Crippen molar-refractivity contribution in [3.8, 4) is 11.8 Å². The van der Waals surface area contributed by atoms with Crippen LogP contribution >= 0.6 is 0 Å². The van der Waals surface area contributed by atoms with Crippen molar-refractivity contribution < 1.29 is 13.2 Å². The fraction of sp³-hybridized carbons (Fsp3) is 0.286. The molecule has 0 radical (unpaired) electrons. The molecular formula is C21H22N2O3S. The summed E-state index contributed by atoms with van der Waals surface area (Å²) in [7, 11) is -3.56. The predicted molar refractivity (Wildman–Crippen MR) is 106 cm³/mol. The quantitative estimate of drug-likeness (QED) is 0.827. The minimum Gasteiger partial charge on any atom is -0.312 e. The lowest BCUT2D eigenvalue weighted by atomic mass is 10.1. The normalized spacial score (nSPS) is 14.6. The first kappa shape index (κ1) is 19.2. The SMILES string of the molecule is Cc1ccc(S(=O)(=O)NCC#Cc2ccc(N3CCCCC3=O)cc2)cc1. The Kier molecular flexibility index (Phi) is 5.94. The summed E-state index contributed by atoms with van der Waals surface area (Å²) in [5, 5.41) is 0. The van der Waals surface area contributed by atoms with Gasteiger partial charge in [-0.05, 0) is 56.2 Å². The molecule has 2 aromatic carbocycles. The molecule has 1 fully saturated rings. The molecule has 1 heterocycles. The number of anilines is 1. The molecule has 140 valence electrons. The van der Waals surface area contributed by atoms with Gasteiger partial charge in [0.2, 0.25) is 15.9 Å². The van der Waals surface area contributed by atoms with Gasteiger partial charge in [-0.25, -0.2) is 8.42 Å². The Bertz CT molecular complexity index is 969. The Morgan fingerprint density at radius 1 is 1.04 bits per heavy atom. The molecule has 2 aromatic rings. The van der Waals surface area contributed by atoms with E-state index >= 15 is 0 Å². The van der Waals surface area contributed by atoms with Crippen LogP contribution in [0.4, 0.5) is 5.69 Å². The van der Waals surface area contributed by atoms with E-state index < -0.39 is 10.0 Å². The van der Waals surface area contributed by atoms with Crippen molar-refractivity contribution in [2.45, 2.75) is 31.1 Å². The highest BCUT2D eigenvalue weighted by molar-refractivity contribution is 7.89. The predicted octanol–water partition coefficient (Wildman–Crippen LogP) is 2.84. The lowest BCUT2D eigenvalue weighted by Crippen LogP contribution is -2.35. The van der Waals surface area contributed by atoms with Gasteiger partial charge < -0.3 is 4.90 Å². The molecule has 3 rings (SSSR count). The maximum atomic E-state index is 12.2. The van der Waals surface area contributed by atoms with Crippen molar-refractivity contribution in [2.24, 2.45) is 0 Å². The van der Waals surface area contributed by atoms with Crippen LogP contribution in [0, 0.1) is 18.8 Å². The topological polar surface area (TPSA) is 66.5 Å². The zero-order valence-electron chi connectivity index (χ0n) is 15.2. The fourth-order valence-electron chi connectivity index (χ4n) is 2.88. The molecule has 0 aromatic heterocycles. The monoisotopic (exact) mass is 382 g/mol. The smallest absolute Gasteiger partial charge is 0.241 e. The Morgan fingerprint density at radius 2 is 1.74 bits per heavy atom. The summed E-state index contributed by atoms with van der Waals surface area (Å²) in [6.07, 6.45) is 2.58. The summed E-state index contributed by atoms with van der Waals surface area (Å²) in [5.74, 6) is 5.92. The van der Waals surface area contributed by atoms with Crippen LogP contribution < -0.4 is 9.62 Å². The van der Waals surface area contributed by atoms with Crippen molar-refractivity contribution >= 4 is 21.6 Å². The average molecular weight is 382 g/mol. The number of sulfonamides is 1. The molecule has 1 aliphatic rings. The highest BCUT2D eigenvalue weighted by Gasteiger charge is 2.19. The van der Waals surface area contributed by atoms with Gasteiger partial charge in [0, 0.05) is 24.2 Å². The van der Waals surface area contributed by atoms with Crippen molar-refractivity contribution in [3.05, 3.63) is 59.7 Å². The van der Waals surface area contributed by atoms with Crippen molar-refractivity contribution in [3.63, 3.8) is 0 Å². The second-order valence-corrected chi connectivity index (χ2v) is 8.26. The molecular weight excluding hydrogens is 360 g/mol. The van der Waals surface area contributed by atoms with Crippen LogP contribution in [-0.4, -0.2) is 27.4 Å². The number of rotatable bonds is 4. The molecule has 5 nitrogen and oxygen atoms in total. The molecule has 0 bridgehead atoms. The molecule has 1 N–H and O–H groups in total. The minimum absolute atomic E-state index is 0.0303. The van der Waals surface area contributed by atoms with Gasteiger partial charge >= 0.3 is 0 Å². The Labute approximate surface area is 160 Å². The number of nitrogens with one attached hydrogen (secondary N) is 1. The molecule has 1 amide bonds. The molecule has 0 spiro atoms. The number of amides is 1. The largest absolute Gasteiger partial charge is 0.312 e. The summed E-state index contributed by atoms with van der Waals surface area (Å²) in [6, 6.07) is 14.1. The third kappa shape index (κ3) is 4.97. The number of carbonyl (C=O) groups is 1. The van der Waals surface area contributed by atoms with Crippen LogP contribution in [0.25, 0.3) is 0 Å².